The first kappa shape index (κ1) is 13.4. The summed E-state index contributed by atoms with van der Waals surface area (Å²) in [6.45, 7) is 5.64. The molecule has 0 heterocycles. The molecule has 84 valence electrons. The zero-order valence-electron chi connectivity index (χ0n) is 9.20. The van der Waals surface area contributed by atoms with Crippen molar-refractivity contribution >= 4 is 5.91 Å². The monoisotopic (exact) mass is 202 g/mol. The molecular weight excluding hydrogens is 180 g/mol. The Kier molecular flexibility index (Phi) is 7.42. The van der Waals surface area contributed by atoms with Gasteiger partial charge in [0.05, 0.1) is 12.6 Å². The molecule has 1 atom stereocenters. The summed E-state index contributed by atoms with van der Waals surface area (Å²) < 4.78 is 0. The number of carbonyl (C=O) groups is 1. The highest BCUT2D eigenvalue weighted by molar-refractivity contribution is 5.75. The van der Waals surface area contributed by atoms with Crippen LogP contribution in [-0.2, 0) is 4.79 Å². The number of primary amides is 1. The van der Waals surface area contributed by atoms with Crippen LogP contribution in [0.15, 0.2) is 0 Å². The zero-order valence-corrected chi connectivity index (χ0v) is 9.20. The number of hydrogen-bond donors (Lipinski definition) is 2. The lowest BCUT2D eigenvalue weighted by atomic mass is 10.2. The number of carbonyl (C=O) groups excluding carboxylic acids is 1. The predicted molar refractivity (Wildman–Crippen MR) is 56.8 cm³/mol. The van der Waals surface area contributed by atoms with E-state index in [9.17, 15) is 9.90 Å². The van der Waals surface area contributed by atoms with Gasteiger partial charge in [0.1, 0.15) is 0 Å². The smallest absolute Gasteiger partial charge is 0.231 e. The molecule has 0 radical (unpaired) electrons. The molecule has 0 saturated heterocycles. The van der Waals surface area contributed by atoms with Crippen LogP contribution in [-0.4, -0.2) is 41.7 Å². The van der Waals surface area contributed by atoms with Gasteiger partial charge in [0.2, 0.25) is 5.91 Å². The van der Waals surface area contributed by atoms with Gasteiger partial charge in [-0.25, -0.2) is 0 Å². The van der Waals surface area contributed by atoms with Crippen LogP contribution >= 0.6 is 0 Å². The molecule has 0 aliphatic heterocycles. The Morgan fingerprint density at radius 2 is 2.14 bits per heavy atom. The first-order chi connectivity index (χ1) is 6.60. The first-order valence-corrected chi connectivity index (χ1v) is 5.28. The molecule has 0 saturated carbocycles. The minimum atomic E-state index is -0.355. The average Bonchev–Trinajstić information content (AvgIpc) is 2.13. The van der Waals surface area contributed by atoms with Gasteiger partial charge in [0.25, 0.3) is 0 Å². The molecule has 0 aliphatic rings. The summed E-state index contributed by atoms with van der Waals surface area (Å²) in [4.78, 5) is 12.7. The van der Waals surface area contributed by atoms with E-state index in [0.717, 1.165) is 19.4 Å². The minimum Gasteiger partial charge on any atom is -0.392 e. The summed E-state index contributed by atoms with van der Waals surface area (Å²) in [5.41, 5.74) is 5.12. The molecule has 0 aromatic heterocycles. The van der Waals surface area contributed by atoms with E-state index in [0.29, 0.717) is 13.0 Å². The fraction of sp³-hybridized carbons (Fsp3) is 0.900. The summed E-state index contributed by atoms with van der Waals surface area (Å²) >= 11 is 0. The van der Waals surface area contributed by atoms with Crippen molar-refractivity contribution in [2.75, 3.05) is 19.6 Å². The number of hydrogen-bond acceptors (Lipinski definition) is 3. The Hall–Kier alpha value is -0.610. The zero-order chi connectivity index (χ0) is 11.0. The van der Waals surface area contributed by atoms with Crippen molar-refractivity contribution in [2.24, 2.45) is 5.73 Å². The fourth-order valence-corrected chi connectivity index (χ4v) is 1.26. The van der Waals surface area contributed by atoms with E-state index >= 15 is 0 Å². The summed E-state index contributed by atoms with van der Waals surface area (Å²) in [5, 5.41) is 9.45. The maximum absolute atomic E-state index is 10.7. The SMILES string of the molecule is CCCCN(CC(N)=O)CC(O)CC. The second-order valence-electron chi connectivity index (χ2n) is 3.62. The molecule has 1 unspecified atom stereocenters. The van der Waals surface area contributed by atoms with Gasteiger partial charge in [0, 0.05) is 6.54 Å². The van der Waals surface area contributed by atoms with Crippen molar-refractivity contribution in [1.29, 1.82) is 0 Å². The second-order valence-corrected chi connectivity index (χ2v) is 3.62. The lowest BCUT2D eigenvalue weighted by Crippen LogP contribution is -2.39. The molecular formula is C10H22N2O2. The van der Waals surface area contributed by atoms with Gasteiger partial charge >= 0.3 is 0 Å². The maximum Gasteiger partial charge on any atom is 0.231 e. The van der Waals surface area contributed by atoms with Crippen molar-refractivity contribution in [3.63, 3.8) is 0 Å². The van der Waals surface area contributed by atoms with Crippen LogP contribution in [0.4, 0.5) is 0 Å². The summed E-state index contributed by atoms with van der Waals surface area (Å²) in [5.74, 6) is -0.329. The van der Waals surface area contributed by atoms with Gasteiger partial charge < -0.3 is 10.8 Å². The molecule has 0 fully saturated rings. The number of amides is 1. The van der Waals surface area contributed by atoms with Crippen LogP contribution in [0.2, 0.25) is 0 Å². The van der Waals surface area contributed by atoms with Crippen molar-refractivity contribution in [3.8, 4) is 0 Å². The minimum absolute atomic E-state index is 0.247. The van der Waals surface area contributed by atoms with Gasteiger partial charge in [-0.05, 0) is 19.4 Å². The quantitative estimate of drug-likeness (QED) is 0.596. The van der Waals surface area contributed by atoms with Crippen LogP contribution in [0.25, 0.3) is 0 Å². The van der Waals surface area contributed by atoms with Crippen molar-refractivity contribution < 1.29 is 9.90 Å². The summed E-state index contributed by atoms with van der Waals surface area (Å²) in [6, 6.07) is 0. The van der Waals surface area contributed by atoms with E-state index < -0.39 is 0 Å². The molecule has 0 aliphatic carbocycles. The molecule has 0 bridgehead atoms. The largest absolute Gasteiger partial charge is 0.392 e. The van der Waals surface area contributed by atoms with Crippen LogP contribution in [0.5, 0.6) is 0 Å². The lowest BCUT2D eigenvalue weighted by Gasteiger charge is -2.22. The van der Waals surface area contributed by atoms with Crippen molar-refractivity contribution in [1.82, 2.24) is 4.90 Å². The van der Waals surface area contributed by atoms with Gasteiger partial charge in [-0.15, -0.1) is 0 Å². The van der Waals surface area contributed by atoms with E-state index in [1.165, 1.54) is 0 Å². The summed E-state index contributed by atoms with van der Waals surface area (Å²) in [6.07, 6.45) is 2.47. The van der Waals surface area contributed by atoms with E-state index in [4.69, 9.17) is 5.73 Å². The molecule has 0 aromatic rings. The highest BCUT2D eigenvalue weighted by Gasteiger charge is 2.11. The summed E-state index contributed by atoms with van der Waals surface area (Å²) in [7, 11) is 0. The van der Waals surface area contributed by atoms with E-state index in [2.05, 4.69) is 6.92 Å². The standard InChI is InChI=1S/C10H22N2O2/c1-3-5-6-12(8-10(11)14)7-9(13)4-2/h9,13H,3-8H2,1-2H3,(H2,11,14). The van der Waals surface area contributed by atoms with Crippen molar-refractivity contribution in [3.05, 3.63) is 0 Å². The first-order valence-electron chi connectivity index (χ1n) is 5.28. The van der Waals surface area contributed by atoms with E-state index in [1.807, 2.05) is 11.8 Å². The Labute approximate surface area is 86.1 Å². The number of aliphatic hydroxyl groups is 1. The number of aliphatic hydroxyl groups excluding tert-OH is 1. The number of rotatable bonds is 8. The third-order valence-electron chi connectivity index (χ3n) is 2.15. The van der Waals surface area contributed by atoms with Gasteiger partial charge in [-0.3, -0.25) is 9.69 Å². The van der Waals surface area contributed by atoms with Crippen LogP contribution in [0, 0.1) is 0 Å². The normalized spacial score (nSPS) is 13.1. The maximum atomic E-state index is 10.7. The highest BCUT2D eigenvalue weighted by Crippen LogP contribution is 1.99. The molecule has 0 aromatic carbocycles. The van der Waals surface area contributed by atoms with E-state index in [1.54, 1.807) is 0 Å². The molecule has 4 nitrogen and oxygen atoms in total. The van der Waals surface area contributed by atoms with Gasteiger partial charge in [-0.1, -0.05) is 20.3 Å². The third kappa shape index (κ3) is 6.86. The molecule has 4 heteroatoms. The lowest BCUT2D eigenvalue weighted by molar-refractivity contribution is -0.119. The Morgan fingerprint density at radius 3 is 2.57 bits per heavy atom. The van der Waals surface area contributed by atoms with Gasteiger partial charge in [-0.2, -0.15) is 0 Å². The van der Waals surface area contributed by atoms with Crippen molar-refractivity contribution in [2.45, 2.75) is 39.2 Å². The Balaban J connectivity index is 3.89. The topological polar surface area (TPSA) is 66.6 Å². The molecule has 14 heavy (non-hydrogen) atoms. The molecule has 1 amide bonds. The van der Waals surface area contributed by atoms with Crippen LogP contribution in [0.3, 0.4) is 0 Å². The number of nitrogens with two attached hydrogens (primary N) is 1. The van der Waals surface area contributed by atoms with E-state index in [-0.39, 0.29) is 18.6 Å². The molecule has 3 N–H and O–H groups in total. The second kappa shape index (κ2) is 7.76. The number of nitrogens with zero attached hydrogens (tertiary/aromatic N) is 1. The van der Waals surface area contributed by atoms with Crippen LogP contribution in [0.1, 0.15) is 33.1 Å². The van der Waals surface area contributed by atoms with Gasteiger partial charge in [0.15, 0.2) is 0 Å². The average molecular weight is 202 g/mol. The Morgan fingerprint density at radius 1 is 1.50 bits per heavy atom. The third-order valence-corrected chi connectivity index (χ3v) is 2.15. The molecule has 0 rings (SSSR count). The predicted octanol–water partition coefficient (Wildman–Crippen LogP) is 0.345. The fourth-order valence-electron chi connectivity index (χ4n) is 1.26. The molecule has 0 spiro atoms. The Bertz CT molecular complexity index is 162. The number of unbranched alkanes of at least 4 members (excludes halogenated alkanes) is 1. The highest BCUT2D eigenvalue weighted by atomic mass is 16.3. The van der Waals surface area contributed by atoms with Crippen LogP contribution < -0.4 is 5.73 Å².